The molecule has 0 unspecified atom stereocenters. The average Bonchev–Trinajstić information content (AvgIpc) is 3.81. The van der Waals surface area contributed by atoms with Crippen LogP contribution in [0.3, 0.4) is 0 Å². The minimum atomic E-state index is -0.326. The molecule has 1 aliphatic heterocycles. The van der Waals surface area contributed by atoms with Crippen LogP contribution in [-0.2, 0) is 48.1 Å². The van der Waals surface area contributed by atoms with Crippen LogP contribution in [0.2, 0.25) is 0 Å². The first-order chi connectivity index (χ1) is 29.0. The van der Waals surface area contributed by atoms with Gasteiger partial charge in [0.1, 0.15) is 5.82 Å². The first kappa shape index (κ1) is 45.9. The normalized spacial score (nSPS) is 14.0. The van der Waals surface area contributed by atoms with Crippen molar-refractivity contribution in [3.05, 3.63) is 174 Å². The van der Waals surface area contributed by atoms with Gasteiger partial charge in [-0.2, -0.15) is 6.07 Å². The van der Waals surface area contributed by atoms with Crippen molar-refractivity contribution in [2.24, 2.45) is 0 Å². The Balaban J connectivity index is 0.00000595. The molecule has 1 aliphatic rings. The number of benzene rings is 5. The number of hydrogen-bond acceptors (Lipinski definition) is 4. The zero-order valence-corrected chi connectivity index (χ0v) is 41.9. The minimum Gasteiger partial charge on any atom is -0.509 e. The standard InChI is InChI=1S/C57H63N4O.Pt/c1-53(2,3)39-27-28-58-51(32-39)61-48-26-19-18-25-46(48)52-47(56(10,11)12)34-45(35-49(52)61)62-44-24-20-23-42(33-44)59-36-50(57(13,14)38-21-16-15-17-22-38)60(37-59)43-30-40(54(4,5)6)29-41(31-43)55(7,8)9;/h15-32,34,36-37H,1-14H3;/q-3;. The molecular weight excluding hydrogens is 952 g/mol. The molecule has 2 aromatic heterocycles. The summed E-state index contributed by atoms with van der Waals surface area (Å²) in [6.07, 6.45) is 4.18. The Kier molecular flexibility index (Phi) is 12.0. The van der Waals surface area contributed by atoms with E-state index in [1.54, 1.807) is 0 Å². The SMILES string of the molecule is CC(C)(C)c1cc(N2[CH-]N(c3[c-]c(Oc4[c-]c5c(c(C(C)(C)C)c4)c4ccccc4n5-c4cc(C(C)(C)C)ccn4)ccc3)C=C2C(C)(C)c2ccccc2)cc(C(C)(C)C)c1.[Pt]. The van der Waals surface area contributed by atoms with Crippen molar-refractivity contribution < 1.29 is 25.8 Å². The summed E-state index contributed by atoms with van der Waals surface area (Å²) in [6, 6.07) is 46.5. The summed E-state index contributed by atoms with van der Waals surface area (Å²) in [4.78, 5) is 9.50. The number of hydrogen-bond donors (Lipinski definition) is 0. The van der Waals surface area contributed by atoms with E-state index in [2.05, 4.69) is 233 Å². The topological polar surface area (TPSA) is 33.5 Å². The third-order valence-corrected chi connectivity index (χ3v) is 12.4. The molecule has 5 aromatic carbocycles. The van der Waals surface area contributed by atoms with Crippen molar-refractivity contribution in [2.45, 2.75) is 124 Å². The van der Waals surface area contributed by atoms with E-state index in [0.29, 0.717) is 11.5 Å². The zero-order valence-electron chi connectivity index (χ0n) is 39.6. The molecule has 330 valence electrons. The molecule has 0 amide bonds. The van der Waals surface area contributed by atoms with Crippen LogP contribution in [0.15, 0.2) is 127 Å². The van der Waals surface area contributed by atoms with Crippen molar-refractivity contribution in [3.63, 3.8) is 0 Å². The first-order valence-electron chi connectivity index (χ1n) is 22.0. The van der Waals surface area contributed by atoms with E-state index in [0.717, 1.165) is 33.6 Å². The molecule has 7 aromatic rings. The number of para-hydroxylation sites is 1. The van der Waals surface area contributed by atoms with Crippen molar-refractivity contribution in [1.29, 1.82) is 0 Å². The second kappa shape index (κ2) is 16.5. The van der Waals surface area contributed by atoms with Gasteiger partial charge in [-0.15, -0.1) is 48.3 Å². The minimum absolute atomic E-state index is 0. The molecule has 0 bridgehead atoms. The molecule has 6 heteroatoms. The van der Waals surface area contributed by atoms with E-state index in [-0.39, 0.29) is 48.1 Å². The number of ether oxygens (including phenoxy) is 1. The Bertz CT molecular complexity index is 2790. The molecule has 0 fully saturated rings. The van der Waals surface area contributed by atoms with Crippen LogP contribution < -0.4 is 14.5 Å². The van der Waals surface area contributed by atoms with E-state index in [9.17, 15) is 0 Å². The predicted molar refractivity (Wildman–Crippen MR) is 261 cm³/mol. The summed E-state index contributed by atoms with van der Waals surface area (Å²) < 4.78 is 9.10. The fourth-order valence-corrected chi connectivity index (χ4v) is 8.48. The fraction of sp³-hybridized carbons (Fsp3) is 0.333. The summed E-state index contributed by atoms with van der Waals surface area (Å²) in [6.45, 7) is 34.1. The van der Waals surface area contributed by atoms with Crippen molar-refractivity contribution in [2.75, 3.05) is 9.80 Å². The van der Waals surface area contributed by atoms with Gasteiger partial charge < -0.3 is 19.1 Å². The van der Waals surface area contributed by atoms with E-state index in [4.69, 9.17) is 9.72 Å². The van der Waals surface area contributed by atoms with Crippen molar-refractivity contribution in [3.8, 4) is 17.3 Å². The van der Waals surface area contributed by atoms with Gasteiger partial charge in [0, 0.05) is 61.1 Å². The molecule has 5 nitrogen and oxygen atoms in total. The van der Waals surface area contributed by atoms with E-state index in [1.807, 2.05) is 18.3 Å². The number of nitrogens with zero attached hydrogens (tertiary/aromatic N) is 4. The third-order valence-electron chi connectivity index (χ3n) is 12.4. The Morgan fingerprint density at radius 3 is 1.84 bits per heavy atom. The fourth-order valence-electron chi connectivity index (χ4n) is 8.48. The maximum Gasteiger partial charge on any atom is 0.135 e. The molecule has 8 rings (SSSR count). The molecule has 0 aliphatic carbocycles. The Labute approximate surface area is 391 Å². The molecular formula is C57H63N4OPt-3. The van der Waals surface area contributed by atoms with Crippen LogP contribution in [0.1, 0.15) is 125 Å². The van der Waals surface area contributed by atoms with Crippen LogP contribution in [-0.4, -0.2) is 9.55 Å². The second-order valence-corrected chi connectivity index (χ2v) is 21.7. The summed E-state index contributed by atoms with van der Waals surface area (Å²) in [5, 5.41) is 2.33. The van der Waals surface area contributed by atoms with Gasteiger partial charge >= 0.3 is 0 Å². The monoisotopic (exact) mass is 1010 g/mol. The summed E-state index contributed by atoms with van der Waals surface area (Å²) in [5.41, 5.74) is 10.9. The average molecular weight is 1020 g/mol. The Hall–Kier alpha value is -5.12. The van der Waals surface area contributed by atoms with Gasteiger partial charge in [-0.1, -0.05) is 162 Å². The van der Waals surface area contributed by atoms with E-state index in [1.165, 1.54) is 38.9 Å². The number of rotatable bonds is 7. The summed E-state index contributed by atoms with van der Waals surface area (Å²) in [7, 11) is 0. The molecule has 0 atom stereocenters. The number of fused-ring (bicyclic) bond motifs is 3. The quantitative estimate of drug-likeness (QED) is 0.149. The molecule has 0 N–H and O–H groups in total. The third kappa shape index (κ3) is 9.01. The number of allylic oxidation sites excluding steroid dienone is 1. The maximum absolute atomic E-state index is 6.85. The smallest absolute Gasteiger partial charge is 0.135 e. The van der Waals surface area contributed by atoms with Crippen LogP contribution >= 0.6 is 0 Å². The largest absolute Gasteiger partial charge is 0.509 e. The Morgan fingerprint density at radius 2 is 1.21 bits per heavy atom. The molecule has 0 spiro atoms. The van der Waals surface area contributed by atoms with Crippen LogP contribution in [0, 0.1) is 18.8 Å². The molecule has 0 radical (unpaired) electrons. The van der Waals surface area contributed by atoms with Gasteiger partial charge in [0.2, 0.25) is 0 Å². The van der Waals surface area contributed by atoms with E-state index >= 15 is 0 Å². The molecule has 63 heavy (non-hydrogen) atoms. The van der Waals surface area contributed by atoms with Gasteiger partial charge in [0.25, 0.3) is 0 Å². The molecule has 0 saturated carbocycles. The maximum atomic E-state index is 6.85. The van der Waals surface area contributed by atoms with Gasteiger partial charge in [-0.3, -0.25) is 0 Å². The summed E-state index contributed by atoms with van der Waals surface area (Å²) in [5.74, 6) is 2.11. The van der Waals surface area contributed by atoms with E-state index < -0.39 is 0 Å². The van der Waals surface area contributed by atoms with Gasteiger partial charge in [0.05, 0.1) is 0 Å². The van der Waals surface area contributed by atoms with Crippen LogP contribution in [0.5, 0.6) is 11.5 Å². The van der Waals surface area contributed by atoms with Gasteiger partial charge in [-0.25, -0.2) is 4.98 Å². The first-order valence-corrected chi connectivity index (χ1v) is 22.0. The van der Waals surface area contributed by atoms with Crippen molar-refractivity contribution in [1.82, 2.24) is 9.55 Å². The van der Waals surface area contributed by atoms with Gasteiger partial charge in [-0.05, 0) is 85.8 Å². The van der Waals surface area contributed by atoms with Crippen molar-refractivity contribution >= 4 is 33.2 Å². The molecule has 3 heterocycles. The van der Waals surface area contributed by atoms with Crippen LogP contribution in [0.4, 0.5) is 11.4 Å². The zero-order chi connectivity index (χ0) is 44.6. The Morgan fingerprint density at radius 1 is 0.571 bits per heavy atom. The number of anilines is 2. The predicted octanol–water partition coefficient (Wildman–Crippen LogP) is 15.0. The summed E-state index contributed by atoms with van der Waals surface area (Å²) >= 11 is 0. The second-order valence-electron chi connectivity index (χ2n) is 21.7. The molecule has 0 saturated heterocycles. The number of aromatic nitrogens is 2. The van der Waals surface area contributed by atoms with Gasteiger partial charge in [0.15, 0.2) is 0 Å². The van der Waals surface area contributed by atoms with Crippen LogP contribution in [0.25, 0.3) is 27.6 Å². The number of pyridine rings is 1.